The highest BCUT2D eigenvalue weighted by Gasteiger charge is 2.37. The normalized spacial score (nSPS) is 16.2. The summed E-state index contributed by atoms with van der Waals surface area (Å²) in [6.45, 7) is 5.15. The number of aliphatic carboxylic acids is 2. The summed E-state index contributed by atoms with van der Waals surface area (Å²) < 4.78 is 11.1. The second-order valence-electron chi connectivity index (χ2n) is 4.95. The average Bonchev–Trinajstić information content (AvgIpc) is 2.26. The summed E-state index contributed by atoms with van der Waals surface area (Å²) in [5.74, 6) is -3.06. The predicted octanol–water partition coefficient (Wildman–Crippen LogP) is 1.85. The summed E-state index contributed by atoms with van der Waals surface area (Å²) in [6, 6.07) is 0. The SMILES string of the molecule is CCCC(C)(CC)C(C(=O)O)=C(CP(=O)(O)O)C(=O)O. The monoisotopic (exact) mass is 308 g/mol. The molecule has 0 aliphatic carbocycles. The van der Waals surface area contributed by atoms with Crippen molar-refractivity contribution in [2.24, 2.45) is 5.41 Å². The van der Waals surface area contributed by atoms with Crippen LogP contribution in [0.15, 0.2) is 11.1 Å². The molecular formula is C12H21O7P. The van der Waals surface area contributed by atoms with Crippen LogP contribution in [0.4, 0.5) is 0 Å². The molecule has 0 aliphatic heterocycles. The minimum Gasteiger partial charge on any atom is -0.478 e. The first-order valence-corrected chi connectivity index (χ1v) is 8.03. The zero-order chi connectivity index (χ0) is 16.1. The quantitative estimate of drug-likeness (QED) is 0.397. The van der Waals surface area contributed by atoms with Gasteiger partial charge in [0.15, 0.2) is 0 Å². The fourth-order valence-electron chi connectivity index (χ4n) is 2.24. The number of hydrogen-bond acceptors (Lipinski definition) is 3. The molecule has 1 unspecified atom stereocenters. The van der Waals surface area contributed by atoms with Crippen molar-refractivity contribution in [3.05, 3.63) is 11.1 Å². The number of carbonyl (C=O) groups is 2. The molecule has 1 atom stereocenters. The fraction of sp³-hybridized carbons (Fsp3) is 0.667. The fourth-order valence-corrected chi connectivity index (χ4v) is 2.95. The smallest absolute Gasteiger partial charge is 0.332 e. The molecule has 0 fully saturated rings. The van der Waals surface area contributed by atoms with Crippen LogP contribution in [0.25, 0.3) is 0 Å². The summed E-state index contributed by atoms with van der Waals surface area (Å²) >= 11 is 0. The maximum Gasteiger partial charge on any atom is 0.332 e. The van der Waals surface area contributed by atoms with Gasteiger partial charge < -0.3 is 20.0 Å². The summed E-state index contributed by atoms with van der Waals surface area (Å²) in [5.41, 5.74) is -2.08. The first kappa shape index (κ1) is 18.8. The molecule has 0 aromatic rings. The second-order valence-corrected chi connectivity index (χ2v) is 6.60. The lowest BCUT2D eigenvalue weighted by molar-refractivity contribution is -0.137. The van der Waals surface area contributed by atoms with E-state index in [2.05, 4.69) is 0 Å². The van der Waals surface area contributed by atoms with Crippen molar-refractivity contribution in [2.75, 3.05) is 6.16 Å². The van der Waals surface area contributed by atoms with Crippen molar-refractivity contribution in [3.8, 4) is 0 Å². The van der Waals surface area contributed by atoms with Gasteiger partial charge in [0.1, 0.15) is 0 Å². The van der Waals surface area contributed by atoms with Gasteiger partial charge in [-0.05, 0) is 18.3 Å². The standard InChI is InChI=1S/C12H21O7P/c1-4-6-12(3,5-2)9(11(15)16)8(10(13)14)7-20(17,18)19/h4-7H2,1-3H3,(H,13,14)(H,15,16)(H2,17,18,19). The highest BCUT2D eigenvalue weighted by molar-refractivity contribution is 7.52. The van der Waals surface area contributed by atoms with Crippen LogP contribution in [0.5, 0.6) is 0 Å². The van der Waals surface area contributed by atoms with Gasteiger partial charge in [-0.3, -0.25) is 4.57 Å². The Morgan fingerprint density at radius 2 is 1.60 bits per heavy atom. The third-order valence-electron chi connectivity index (χ3n) is 3.32. The van der Waals surface area contributed by atoms with Gasteiger partial charge in [0.05, 0.1) is 17.3 Å². The third-order valence-corrected chi connectivity index (χ3v) is 4.05. The summed E-state index contributed by atoms with van der Waals surface area (Å²) in [6.07, 6.45) is 0.330. The maximum absolute atomic E-state index is 11.4. The molecule has 4 N–H and O–H groups in total. The van der Waals surface area contributed by atoms with Gasteiger partial charge in [0.2, 0.25) is 0 Å². The van der Waals surface area contributed by atoms with Crippen molar-refractivity contribution in [2.45, 2.75) is 40.0 Å². The lowest BCUT2D eigenvalue weighted by atomic mass is 9.74. The van der Waals surface area contributed by atoms with Gasteiger partial charge in [0, 0.05) is 0 Å². The molecule has 116 valence electrons. The van der Waals surface area contributed by atoms with Crippen molar-refractivity contribution >= 4 is 19.5 Å². The van der Waals surface area contributed by atoms with Gasteiger partial charge in [-0.25, -0.2) is 9.59 Å². The number of carboxylic acids is 2. The number of hydrogen-bond donors (Lipinski definition) is 4. The van der Waals surface area contributed by atoms with Crippen LogP contribution in [-0.2, 0) is 14.2 Å². The molecule has 20 heavy (non-hydrogen) atoms. The van der Waals surface area contributed by atoms with E-state index in [1.54, 1.807) is 13.8 Å². The van der Waals surface area contributed by atoms with Crippen LogP contribution in [-0.4, -0.2) is 38.1 Å². The maximum atomic E-state index is 11.4. The molecule has 0 heterocycles. The molecule has 0 bridgehead atoms. The first-order valence-electron chi connectivity index (χ1n) is 6.23. The second kappa shape index (κ2) is 7.02. The van der Waals surface area contributed by atoms with E-state index >= 15 is 0 Å². The van der Waals surface area contributed by atoms with Crippen LogP contribution in [0.3, 0.4) is 0 Å². The first-order chi connectivity index (χ1) is 8.98. The summed E-state index contributed by atoms with van der Waals surface area (Å²) in [4.78, 5) is 40.6. The van der Waals surface area contributed by atoms with Crippen LogP contribution in [0.2, 0.25) is 0 Å². The molecule has 0 aromatic carbocycles. The molecule has 0 aromatic heterocycles. The zero-order valence-electron chi connectivity index (χ0n) is 11.8. The Labute approximate surface area is 117 Å². The van der Waals surface area contributed by atoms with Gasteiger partial charge >= 0.3 is 19.5 Å². The zero-order valence-corrected chi connectivity index (χ0v) is 12.7. The Morgan fingerprint density at radius 3 is 1.85 bits per heavy atom. The highest BCUT2D eigenvalue weighted by atomic mass is 31.2. The third kappa shape index (κ3) is 5.07. The van der Waals surface area contributed by atoms with Gasteiger partial charge in [-0.1, -0.05) is 27.2 Å². The molecule has 0 saturated carbocycles. The lowest BCUT2D eigenvalue weighted by Crippen LogP contribution is -2.28. The Bertz CT molecular complexity index is 462. The molecule has 0 spiro atoms. The minimum absolute atomic E-state index is 0.362. The van der Waals surface area contributed by atoms with E-state index in [4.69, 9.17) is 14.9 Å². The molecule has 0 aliphatic rings. The number of carboxylic acid groups (broad SMARTS) is 2. The van der Waals surface area contributed by atoms with Crippen LogP contribution in [0.1, 0.15) is 40.0 Å². The molecule has 7 nitrogen and oxygen atoms in total. The van der Waals surface area contributed by atoms with Crippen molar-refractivity contribution < 1.29 is 34.2 Å². The lowest BCUT2D eigenvalue weighted by Gasteiger charge is -2.30. The van der Waals surface area contributed by atoms with Gasteiger partial charge in [-0.15, -0.1) is 0 Å². The van der Waals surface area contributed by atoms with Crippen molar-refractivity contribution in [3.63, 3.8) is 0 Å². The molecular weight excluding hydrogens is 287 g/mol. The van der Waals surface area contributed by atoms with E-state index in [0.29, 0.717) is 19.3 Å². The van der Waals surface area contributed by atoms with E-state index in [1.165, 1.54) is 0 Å². The Balaban J connectivity index is 6.15. The summed E-state index contributed by atoms with van der Waals surface area (Å²) in [7, 11) is -4.67. The number of rotatable bonds is 8. The molecule has 0 amide bonds. The molecule has 8 heteroatoms. The average molecular weight is 308 g/mol. The van der Waals surface area contributed by atoms with E-state index < -0.39 is 42.3 Å². The van der Waals surface area contributed by atoms with Gasteiger partial charge in [-0.2, -0.15) is 0 Å². The molecule has 0 radical (unpaired) electrons. The predicted molar refractivity (Wildman–Crippen MR) is 72.5 cm³/mol. The minimum atomic E-state index is -4.67. The summed E-state index contributed by atoms with van der Waals surface area (Å²) in [5, 5.41) is 18.4. The largest absolute Gasteiger partial charge is 0.478 e. The Kier molecular flexibility index (Phi) is 6.61. The van der Waals surface area contributed by atoms with Crippen LogP contribution >= 0.6 is 7.60 Å². The van der Waals surface area contributed by atoms with E-state index in [1.807, 2.05) is 6.92 Å². The topological polar surface area (TPSA) is 132 Å². The van der Waals surface area contributed by atoms with Gasteiger partial charge in [0.25, 0.3) is 0 Å². The Hall–Kier alpha value is -1.17. The molecule has 0 rings (SSSR count). The van der Waals surface area contributed by atoms with E-state index in [9.17, 15) is 19.3 Å². The highest BCUT2D eigenvalue weighted by Crippen LogP contribution is 2.43. The van der Waals surface area contributed by atoms with E-state index in [0.717, 1.165) is 0 Å². The van der Waals surface area contributed by atoms with E-state index in [-0.39, 0.29) is 0 Å². The van der Waals surface area contributed by atoms with Crippen molar-refractivity contribution in [1.82, 2.24) is 0 Å². The Morgan fingerprint density at radius 1 is 1.10 bits per heavy atom. The van der Waals surface area contributed by atoms with Crippen LogP contribution in [0, 0.1) is 5.41 Å². The van der Waals surface area contributed by atoms with Crippen molar-refractivity contribution in [1.29, 1.82) is 0 Å². The molecule has 0 saturated heterocycles. The van der Waals surface area contributed by atoms with Crippen LogP contribution < -0.4 is 0 Å².